The molecule has 0 unspecified atom stereocenters. The van der Waals surface area contributed by atoms with E-state index in [1.54, 1.807) is 43.3 Å². The van der Waals surface area contributed by atoms with Crippen molar-refractivity contribution in [3.8, 4) is 11.5 Å². The summed E-state index contributed by atoms with van der Waals surface area (Å²) < 4.78 is 10.5. The summed E-state index contributed by atoms with van der Waals surface area (Å²) in [5.41, 5.74) is 2.55. The molecule has 1 aliphatic rings. The van der Waals surface area contributed by atoms with Crippen molar-refractivity contribution in [2.45, 2.75) is 9.79 Å². The molecule has 0 bridgehead atoms. The van der Waals surface area contributed by atoms with Crippen molar-refractivity contribution in [3.05, 3.63) is 71.8 Å². The number of hydrogen-bond acceptors (Lipinski definition) is 5. The number of nitrogens with one attached hydrogen (secondary N) is 1. The average Bonchev–Trinajstić information content (AvgIpc) is 2.87. The summed E-state index contributed by atoms with van der Waals surface area (Å²) in [5.74, 6) is 0.722. The average molecular weight is 420 g/mol. The van der Waals surface area contributed by atoms with E-state index in [1.807, 2.05) is 36.4 Å². The van der Waals surface area contributed by atoms with Crippen molar-refractivity contribution in [1.29, 1.82) is 0 Å². The first-order valence-corrected chi connectivity index (χ1v) is 10.1. The van der Waals surface area contributed by atoms with E-state index in [0.29, 0.717) is 28.3 Å². The number of anilines is 2. The maximum absolute atomic E-state index is 12.8. The maximum atomic E-state index is 12.8. The Morgan fingerprint density at radius 2 is 1.70 bits per heavy atom. The molecule has 0 aromatic heterocycles. The summed E-state index contributed by atoms with van der Waals surface area (Å²) in [6, 6.07) is 18.0. The summed E-state index contributed by atoms with van der Waals surface area (Å²) in [5, 5.41) is 2.92. The first-order chi connectivity index (χ1) is 14.5. The van der Waals surface area contributed by atoms with Gasteiger partial charge in [0.1, 0.15) is 0 Å². The van der Waals surface area contributed by atoms with Crippen LogP contribution >= 0.6 is 11.8 Å². The Morgan fingerprint density at radius 3 is 2.47 bits per heavy atom. The predicted octanol–water partition coefficient (Wildman–Crippen LogP) is 4.70. The van der Waals surface area contributed by atoms with Crippen LogP contribution in [0.1, 0.15) is 20.7 Å². The number of rotatable bonds is 4. The lowest BCUT2D eigenvalue weighted by atomic mass is 10.1. The second kappa shape index (κ2) is 8.12. The Balaban J connectivity index is 1.63. The van der Waals surface area contributed by atoms with E-state index < -0.39 is 0 Å². The highest BCUT2D eigenvalue weighted by atomic mass is 32.2. The second-order valence-corrected chi connectivity index (χ2v) is 7.75. The van der Waals surface area contributed by atoms with Gasteiger partial charge < -0.3 is 19.7 Å². The van der Waals surface area contributed by atoms with Crippen LogP contribution in [-0.2, 0) is 0 Å². The first kappa shape index (κ1) is 19.8. The van der Waals surface area contributed by atoms with E-state index in [9.17, 15) is 9.59 Å². The third-order valence-electron chi connectivity index (χ3n) is 4.87. The quantitative estimate of drug-likeness (QED) is 0.663. The molecule has 152 valence electrons. The van der Waals surface area contributed by atoms with Gasteiger partial charge in [0.05, 0.1) is 25.5 Å². The van der Waals surface area contributed by atoms with Gasteiger partial charge in [-0.3, -0.25) is 9.59 Å². The van der Waals surface area contributed by atoms with E-state index in [0.717, 1.165) is 15.5 Å². The smallest absolute Gasteiger partial charge is 0.259 e. The zero-order valence-electron chi connectivity index (χ0n) is 16.8. The zero-order chi connectivity index (χ0) is 21.3. The Kier molecular flexibility index (Phi) is 5.37. The number of hydrogen-bond donors (Lipinski definition) is 1. The van der Waals surface area contributed by atoms with Crippen LogP contribution in [-0.4, -0.2) is 33.1 Å². The molecule has 0 spiro atoms. The predicted molar refractivity (Wildman–Crippen MR) is 117 cm³/mol. The summed E-state index contributed by atoms with van der Waals surface area (Å²) in [6.07, 6.45) is 0. The van der Waals surface area contributed by atoms with Crippen LogP contribution in [0.5, 0.6) is 11.5 Å². The maximum Gasteiger partial charge on any atom is 0.259 e. The Hall–Kier alpha value is -3.45. The molecule has 4 rings (SSSR count). The van der Waals surface area contributed by atoms with Crippen molar-refractivity contribution in [1.82, 2.24) is 0 Å². The van der Waals surface area contributed by atoms with E-state index in [1.165, 1.54) is 18.9 Å². The normalized spacial score (nSPS) is 12.5. The molecule has 7 heteroatoms. The van der Waals surface area contributed by atoms with E-state index >= 15 is 0 Å². The van der Waals surface area contributed by atoms with Crippen LogP contribution in [0.15, 0.2) is 70.5 Å². The summed E-state index contributed by atoms with van der Waals surface area (Å²) in [6.45, 7) is 0. The number of carbonyl (C=O) groups is 2. The topological polar surface area (TPSA) is 67.9 Å². The Bertz CT molecular complexity index is 1150. The molecule has 3 aromatic rings. The molecule has 30 heavy (non-hydrogen) atoms. The third kappa shape index (κ3) is 3.59. The first-order valence-electron chi connectivity index (χ1n) is 9.24. The molecule has 0 aliphatic carbocycles. The lowest BCUT2D eigenvalue weighted by molar-refractivity contribution is 0.0988. The summed E-state index contributed by atoms with van der Waals surface area (Å²) >= 11 is 1.51. The number of methoxy groups -OCH3 is 2. The van der Waals surface area contributed by atoms with Gasteiger partial charge in [0.25, 0.3) is 11.8 Å². The minimum absolute atomic E-state index is 0.0565. The number of nitrogens with zero attached hydrogens (tertiary/aromatic N) is 1. The van der Waals surface area contributed by atoms with E-state index in [-0.39, 0.29) is 11.8 Å². The molecule has 1 aliphatic heterocycles. The van der Waals surface area contributed by atoms with Gasteiger partial charge in [0.2, 0.25) is 0 Å². The summed E-state index contributed by atoms with van der Waals surface area (Å²) in [4.78, 5) is 28.9. The molecule has 1 heterocycles. The minimum Gasteiger partial charge on any atom is -0.493 e. The Labute approximate surface area is 178 Å². The van der Waals surface area contributed by atoms with E-state index in [4.69, 9.17) is 9.47 Å². The van der Waals surface area contributed by atoms with Gasteiger partial charge in [-0.1, -0.05) is 23.9 Å². The van der Waals surface area contributed by atoms with Crippen molar-refractivity contribution >= 4 is 35.0 Å². The number of fused-ring (bicyclic) bond motifs is 2. The lowest BCUT2D eigenvalue weighted by Gasteiger charge is -2.18. The highest BCUT2D eigenvalue weighted by Gasteiger charge is 2.24. The van der Waals surface area contributed by atoms with Crippen LogP contribution in [0.4, 0.5) is 11.4 Å². The van der Waals surface area contributed by atoms with Gasteiger partial charge in [0, 0.05) is 28.1 Å². The van der Waals surface area contributed by atoms with Gasteiger partial charge >= 0.3 is 0 Å². The monoisotopic (exact) mass is 420 g/mol. The fourth-order valence-corrected chi connectivity index (χ4v) is 4.42. The van der Waals surface area contributed by atoms with Crippen LogP contribution in [0, 0.1) is 0 Å². The molecule has 0 atom stereocenters. The minimum atomic E-state index is -0.264. The molecule has 0 fully saturated rings. The molecule has 0 saturated carbocycles. The zero-order valence-corrected chi connectivity index (χ0v) is 17.6. The van der Waals surface area contributed by atoms with Gasteiger partial charge in [-0.25, -0.2) is 0 Å². The van der Waals surface area contributed by atoms with Crippen molar-refractivity contribution in [3.63, 3.8) is 0 Å². The van der Waals surface area contributed by atoms with E-state index in [2.05, 4.69) is 5.32 Å². The van der Waals surface area contributed by atoms with Gasteiger partial charge in [0.15, 0.2) is 11.5 Å². The summed E-state index contributed by atoms with van der Waals surface area (Å²) in [7, 11) is 4.83. The van der Waals surface area contributed by atoms with Crippen molar-refractivity contribution in [2.75, 3.05) is 31.5 Å². The van der Waals surface area contributed by atoms with Crippen LogP contribution < -0.4 is 19.7 Å². The van der Waals surface area contributed by atoms with Gasteiger partial charge in [-0.2, -0.15) is 0 Å². The molecule has 0 saturated heterocycles. The number of carbonyl (C=O) groups excluding carboxylic acids is 2. The van der Waals surface area contributed by atoms with Crippen LogP contribution in [0.25, 0.3) is 0 Å². The molecular weight excluding hydrogens is 400 g/mol. The van der Waals surface area contributed by atoms with Gasteiger partial charge in [-0.05, 0) is 48.5 Å². The molecule has 6 nitrogen and oxygen atoms in total. The largest absolute Gasteiger partial charge is 0.493 e. The second-order valence-electron chi connectivity index (χ2n) is 6.67. The fourth-order valence-electron chi connectivity index (χ4n) is 3.27. The number of ether oxygens (including phenoxy) is 2. The molecule has 1 N–H and O–H groups in total. The highest BCUT2D eigenvalue weighted by molar-refractivity contribution is 7.99. The Morgan fingerprint density at radius 1 is 0.933 bits per heavy atom. The number of amides is 2. The standard InChI is InChI=1S/C23H20N2O4S/c1-25-17-10-9-15(13-21(17)30-20-7-5-4-6-16(20)23(25)27)24-22(26)14-8-11-18(28-2)19(12-14)29-3/h4-13H,1-3H3,(H,24,26). The van der Waals surface area contributed by atoms with Crippen LogP contribution in [0.2, 0.25) is 0 Å². The highest BCUT2D eigenvalue weighted by Crippen LogP contribution is 2.42. The molecule has 0 radical (unpaired) electrons. The fraction of sp³-hybridized carbons (Fsp3) is 0.130. The molecular formula is C23H20N2O4S. The van der Waals surface area contributed by atoms with Gasteiger partial charge in [-0.15, -0.1) is 0 Å². The third-order valence-corrected chi connectivity index (χ3v) is 5.99. The van der Waals surface area contributed by atoms with Crippen molar-refractivity contribution in [2.24, 2.45) is 0 Å². The SMILES string of the molecule is COc1ccc(C(=O)Nc2ccc3c(c2)Sc2ccccc2C(=O)N3C)cc1OC. The number of benzene rings is 3. The van der Waals surface area contributed by atoms with Crippen molar-refractivity contribution < 1.29 is 19.1 Å². The molecule has 2 amide bonds. The molecule has 3 aromatic carbocycles. The lowest BCUT2D eigenvalue weighted by Crippen LogP contribution is -2.26. The van der Waals surface area contributed by atoms with Crippen LogP contribution in [0.3, 0.4) is 0 Å².